The van der Waals surface area contributed by atoms with Crippen molar-refractivity contribution in [2.24, 2.45) is 5.10 Å². The molecule has 11 heteroatoms. The summed E-state index contributed by atoms with van der Waals surface area (Å²) >= 11 is 5.82. The predicted molar refractivity (Wildman–Crippen MR) is 162 cm³/mol. The minimum Gasteiger partial charge on any atom is -0.489 e. The summed E-state index contributed by atoms with van der Waals surface area (Å²) in [6.07, 6.45) is 3.26. The number of ether oxygens (including phenoxy) is 1. The minimum absolute atomic E-state index is 0.00217. The summed E-state index contributed by atoms with van der Waals surface area (Å²) in [7, 11) is -3.89. The highest BCUT2D eigenvalue weighted by atomic mass is 35.5. The number of rotatable bonds is 11. The van der Waals surface area contributed by atoms with Crippen LogP contribution in [0.25, 0.3) is 16.9 Å². The van der Waals surface area contributed by atoms with Gasteiger partial charge in [-0.2, -0.15) is 10.2 Å². The van der Waals surface area contributed by atoms with Crippen LogP contribution in [0.15, 0.2) is 125 Å². The number of hydrogen-bond acceptors (Lipinski definition) is 6. The Kier molecular flexibility index (Phi) is 9.08. The predicted octanol–water partition coefficient (Wildman–Crippen LogP) is 5.20. The zero-order valence-corrected chi connectivity index (χ0v) is 23.8. The van der Waals surface area contributed by atoms with Gasteiger partial charge in [0, 0.05) is 22.3 Å². The first kappa shape index (κ1) is 28.7. The van der Waals surface area contributed by atoms with Crippen LogP contribution in [0.4, 0.5) is 0 Å². The average Bonchev–Trinajstić information content (AvgIpc) is 3.45. The summed E-state index contributed by atoms with van der Waals surface area (Å²) in [5, 5.41) is 9.20. The van der Waals surface area contributed by atoms with E-state index in [1.165, 1.54) is 30.5 Å². The highest BCUT2D eigenvalue weighted by Gasteiger charge is 2.16. The summed E-state index contributed by atoms with van der Waals surface area (Å²) in [6, 6.07) is 32.7. The van der Waals surface area contributed by atoms with Crippen molar-refractivity contribution in [1.82, 2.24) is 19.9 Å². The number of sulfonamides is 1. The molecule has 0 saturated carbocycles. The van der Waals surface area contributed by atoms with Crippen LogP contribution in [0.5, 0.6) is 5.75 Å². The average molecular weight is 600 g/mol. The minimum atomic E-state index is -3.89. The van der Waals surface area contributed by atoms with Crippen molar-refractivity contribution in [3.63, 3.8) is 0 Å². The highest BCUT2D eigenvalue weighted by molar-refractivity contribution is 7.89. The number of nitrogens with one attached hydrogen (secondary N) is 2. The number of halogens is 1. The fourth-order valence-corrected chi connectivity index (χ4v) is 5.05. The number of para-hydroxylation sites is 1. The van der Waals surface area contributed by atoms with Gasteiger partial charge in [-0.15, -0.1) is 0 Å². The van der Waals surface area contributed by atoms with Gasteiger partial charge in [-0.3, -0.25) is 4.79 Å². The Balaban J connectivity index is 1.28. The van der Waals surface area contributed by atoms with Gasteiger partial charge in [0.2, 0.25) is 10.0 Å². The van der Waals surface area contributed by atoms with Crippen molar-refractivity contribution in [1.29, 1.82) is 0 Å². The zero-order chi connectivity index (χ0) is 29.4. The smallest absolute Gasteiger partial charge is 0.255 e. The molecule has 9 nitrogen and oxygen atoms in total. The molecular formula is C31H26ClN5O4S. The monoisotopic (exact) mass is 599 g/mol. The molecule has 212 valence electrons. The van der Waals surface area contributed by atoms with Crippen LogP contribution in [0, 0.1) is 0 Å². The van der Waals surface area contributed by atoms with E-state index in [1.54, 1.807) is 10.9 Å². The third kappa shape index (κ3) is 7.49. The van der Waals surface area contributed by atoms with E-state index in [2.05, 4.69) is 15.2 Å². The molecule has 0 aliphatic carbocycles. The molecule has 42 heavy (non-hydrogen) atoms. The van der Waals surface area contributed by atoms with E-state index >= 15 is 0 Å². The largest absolute Gasteiger partial charge is 0.489 e. The number of amides is 1. The summed E-state index contributed by atoms with van der Waals surface area (Å²) in [6.45, 7) is -0.0425. The maximum absolute atomic E-state index is 12.4. The molecule has 5 rings (SSSR count). The summed E-state index contributed by atoms with van der Waals surface area (Å²) in [5.41, 5.74) is 6.37. The number of nitrogens with zero attached hydrogens (tertiary/aromatic N) is 3. The second-order valence-electron chi connectivity index (χ2n) is 9.08. The highest BCUT2D eigenvalue weighted by Crippen LogP contribution is 2.25. The van der Waals surface area contributed by atoms with Gasteiger partial charge in [-0.05, 0) is 66.2 Å². The van der Waals surface area contributed by atoms with Crippen molar-refractivity contribution in [2.75, 3.05) is 6.54 Å². The molecule has 0 unspecified atom stereocenters. The topological polar surface area (TPSA) is 115 Å². The standard InChI is InChI=1S/C31H26ClN5O4S/c32-26-13-17-29(18-14-26)42(39,40)34-20-30(38)35-33-19-25-21-37(27-9-5-2-6-10-27)36-31(25)24-11-15-28(16-12-24)41-22-23-7-3-1-4-8-23/h1-19,21,34H,20,22H2,(H,35,38)/b33-19+. The van der Waals surface area contributed by atoms with Gasteiger partial charge in [-0.25, -0.2) is 23.2 Å². The molecule has 0 aliphatic heterocycles. The fraction of sp³-hybridized carbons (Fsp3) is 0.0645. The maximum atomic E-state index is 12.4. The Bertz CT molecular complexity index is 1780. The Morgan fingerprint density at radius 1 is 0.905 bits per heavy atom. The van der Waals surface area contributed by atoms with E-state index in [1.807, 2.05) is 84.9 Å². The van der Waals surface area contributed by atoms with Crippen LogP contribution >= 0.6 is 11.6 Å². The molecule has 5 aromatic rings. The number of aromatic nitrogens is 2. The number of carbonyl (C=O) groups is 1. The van der Waals surface area contributed by atoms with Crippen molar-refractivity contribution in [2.45, 2.75) is 11.5 Å². The van der Waals surface area contributed by atoms with Gasteiger partial charge in [0.25, 0.3) is 5.91 Å². The van der Waals surface area contributed by atoms with E-state index in [0.29, 0.717) is 28.6 Å². The summed E-state index contributed by atoms with van der Waals surface area (Å²) in [4.78, 5) is 12.3. The number of carbonyl (C=O) groups excluding carboxylic acids is 1. The summed E-state index contributed by atoms with van der Waals surface area (Å²) in [5.74, 6) is 0.0781. The first-order valence-corrected chi connectivity index (χ1v) is 14.7. The van der Waals surface area contributed by atoms with Gasteiger partial charge >= 0.3 is 0 Å². The first-order chi connectivity index (χ1) is 20.4. The van der Waals surface area contributed by atoms with Crippen LogP contribution in [0.3, 0.4) is 0 Å². The molecule has 0 aliphatic rings. The molecular weight excluding hydrogens is 574 g/mol. The second kappa shape index (κ2) is 13.3. The van der Waals surface area contributed by atoms with E-state index in [9.17, 15) is 13.2 Å². The second-order valence-corrected chi connectivity index (χ2v) is 11.3. The quantitative estimate of drug-likeness (QED) is 0.160. The van der Waals surface area contributed by atoms with Gasteiger partial charge in [-0.1, -0.05) is 60.1 Å². The maximum Gasteiger partial charge on any atom is 0.255 e. The van der Waals surface area contributed by atoms with Crippen LogP contribution in [0.1, 0.15) is 11.1 Å². The van der Waals surface area contributed by atoms with Crippen LogP contribution in [-0.4, -0.2) is 36.9 Å². The molecule has 0 fully saturated rings. The van der Waals surface area contributed by atoms with Crippen molar-refractivity contribution >= 4 is 33.7 Å². The van der Waals surface area contributed by atoms with Crippen LogP contribution < -0.4 is 14.9 Å². The van der Waals surface area contributed by atoms with Crippen molar-refractivity contribution in [3.8, 4) is 22.7 Å². The first-order valence-electron chi connectivity index (χ1n) is 12.9. The Labute approximate surface area is 248 Å². The van der Waals surface area contributed by atoms with Gasteiger partial charge in [0.05, 0.1) is 23.3 Å². The molecule has 0 spiro atoms. The third-order valence-corrected chi connectivity index (χ3v) is 7.75. The van der Waals surface area contributed by atoms with E-state index in [-0.39, 0.29) is 4.90 Å². The lowest BCUT2D eigenvalue weighted by atomic mass is 10.1. The number of hydrogen-bond donors (Lipinski definition) is 2. The van der Waals surface area contributed by atoms with E-state index in [0.717, 1.165) is 16.8 Å². The van der Waals surface area contributed by atoms with E-state index < -0.39 is 22.5 Å². The molecule has 1 aromatic heterocycles. The molecule has 2 N–H and O–H groups in total. The lowest BCUT2D eigenvalue weighted by molar-refractivity contribution is -0.119. The molecule has 0 saturated heterocycles. The van der Waals surface area contributed by atoms with Crippen LogP contribution in [0.2, 0.25) is 5.02 Å². The third-order valence-electron chi connectivity index (χ3n) is 6.08. The lowest BCUT2D eigenvalue weighted by Gasteiger charge is -2.07. The Morgan fingerprint density at radius 3 is 2.26 bits per heavy atom. The van der Waals surface area contributed by atoms with Crippen LogP contribution in [-0.2, 0) is 21.4 Å². The van der Waals surface area contributed by atoms with Gasteiger partial charge in [0.15, 0.2) is 0 Å². The molecule has 0 atom stereocenters. The fourth-order valence-electron chi connectivity index (χ4n) is 3.94. The number of hydrazone groups is 1. The molecule has 4 aromatic carbocycles. The van der Waals surface area contributed by atoms with E-state index in [4.69, 9.17) is 21.4 Å². The van der Waals surface area contributed by atoms with Crippen molar-refractivity contribution < 1.29 is 17.9 Å². The Morgan fingerprint density at radius 2 is 1.57 bits per heavy atom. The zero-order valence-electron chi connectivity index (χ0n) is 22.2. The van der Waals surface area contributed by atoms with Crippen molar-refractivity contribution in [3.05, 3.63) is 132 Å². The molecule has 1 amide bonds. The summed E-state index contributed by atoms with van der Waals surface area (Å²) < 4.78 is 34.7. The van der Waals surface area contributed by atoms with Gasteiger partial charge in [0.1, 0.15) is 18.1 Å². The Hall–Kier alpha value is -4.77. The normalized spacial score (nSPS) is 11.5. The SMILES string of the molecule is O=C(CNS(=O)(=O)c1ccc(Cl)cc1)N/N=C/c1cn(-c2ccccc2)nc1-c1ccc(OCc2ccccc2)cc1. The molecule has 0 radical (unpaired) electrons. The molecule has 1 heterocycles. The van der Waals surface area contributed by atoms with Gasteiger partial charge < -0.3 is 4.74 Å². The lowest BCUT2D eigenvalue weighted by Crippen LogP contribution is -2.34. The molecule has 0 bridgehead atoms. The number of benzene rings is 4.